The van der Waals surface area contributed by atoms with Gasteiger partial charge in [0.05, 0.1) is 23.7 Å². The van der Waals surface area contributed by atoms with Crippen molar-refractivity contribution in [1.82, 2.24) is 9.78 Å². The van der Waals surface area contributed by atoms with Crippen LogP contribution in [-0.4, -0.2) is 26.6 Å². The van der Waals surface area contributed by atoms with E-state index in [1.807, 2.05) is 13.8 Å². The monoisotopic (exact) mass is 354 g/mol. The zero-order valence-corrected chi connectivity index (χ0v) is 15.2. The standard InChI is InChI=1S/C19H22N4O3/c1-11(2)23-16(24)8-7-15(22-23)21-17-13-9-12(10-20)5-6-14(13)26-19(3,4)18(17)25/h5-9,11,17-18,25H,1-4H3,(H,21,22). The van der Waals surface area contributed by atoms with Gasteiger partial charge in [-0.3, -0.25) is 4.79 Å². The van der Waals surface area contributed by atoms with Gasteiger partial charge in [0.15, 0.2) is 0 Å². The Kier molecular flexibility index (Phi) is 4.46. The quantitative estimate of drug-likeness (QED) is 0.878. The number of fused-ring (bicyclic) bond motifs is 1. The van der Waals surface area contributed by atoms with Crippen molar-refractivity contribution in [2.45, 2.75) is 51.5 Å². The number of anilines is 1. The second-order valence-corrected chi connectivity index (χ2v) is 7.23. The van der Waals surface area contributed by atoms with Gasteiger partial charge in [-0.2, -0.15) is 10.4 Å². The fourth-order valence-electron chi connectivity index (χ4n) is 3.06. The molecule has 0 aliphatic carbocycles. The molecular formula is C19H22N4O3. The Morgan fingerprint density at radius 3 is 2.73 bits per heavy atom. The molecule has 2 unspecified atom stereocenters. The minimum absolute atomic E-state index is 0.0854. The van der Waals surface area contributed by atoms with Crippen LogP contribution in [0.2, 0.25) is 0 Å². The van der Waals surface area contributed by atoms with E-state index in [4.69, 9.17) is 4.74 Å². The van der Waals surface area contributed by atoms with Crippen LogP contribution in [0.15, 0.2) is 35.1 Å². The average Bonchev–Trinajstić information content (AvgIpc) is 2.59. The van der Waals surface area contributed by atoms with Gasteiger partial charge in [-0.05, 0) is 52.0 Å². The van der Waals surface area contributed by atoms with Crippen LogP contribution in [0.5, 0.6) is 5.75 Å². The molecule has 1 aliphatic heterocycles. The highest BCUT2D eigenvalue weighted by Crippen LogP contribution is 2.41. The van der Waals surface area contributed by atoms with Gasteiger partial charge in [0.1, 0.15) is 23.3 Å². The van der Waals surface area contributed by atoms with Crippen LogP contribution >= 0.6 is 0 Å². The van der Waals surface area contributed by atoms with Crippen LogP contribution in [0.1, 0.15) is 50.9 Å². The van der Waals surface area contributed by atoms with Gasteiger partial charge >= 0.3 is 0 Å². The largest absolute Gasteiger partial charge is 0.485 e. The summed E-state index contributed by atoms with van der Waals surface area (Å²) in [5.41, 5.74) is 0.141. The van der Waals surface area contributed by atoms with Crippen molar-refractivity contribution >= 4 is 5.82 Å². The number of rotatable bonds is 3. The Labute approximate surface area is 151 Å². The van der Waals surface area contributed by atoms with Gasteiger partial charge < -0.3 is 15.2 Å². The lowest BCUT2D eigenvalue weighted by molar-refractivity contribution is -0.0533. The molecule has 1 aromatic carbocycles. The van der Waals surface area contributed by atoms with Crippen molar-refractivity contribution in [3.8, 4) is 11.8 Å². The summed E-state index contributed by atoms with van der Waals surface area (Å²) < 4.78 is 7.29. The molecule has 7 heteroatoms. The maximum Gasteiger partial charge on any atom is 0.267 e. The van der Waals surface area contributed by atoms with E-state index < -0.39 is 17.7 Å². The van der Waals surface area contributed by atoms with E-state index in [0.29, 0.717) is 22.7 Å². The molecule has 0 bridgehead atoms. The van der Waals surface area contributed by atoms with Gasteiger partial charge in [0.2, 0.25) is 0 Å². The number of nitrogens with one attached hydrogen (secondary N) is 1. The summed E-state index contributed by atoms with van der Waals surface area (Å²) in [6.45, 7) is 7.35. The molecule has 2 aromatic rings. The normalized spacial score (nSPS) is 20.8. The molecule has 2 heterocycles. The van der Waals surface area contributed by atoms with Gasteiger partial charge in [-0.1, -0.05) is 0 Å². The van der Waals surface area contributed by atoms with Gasteiger partial charge in [-0.15, -0.1) is 0 Å². The van der Waals surface area contributed by atoms with Crippen LogP contribution in [0.25, 0.3) is 0 Å². The second kappa shape index (κ2) is 6.46. The first-order valence-corrected chi connectivity index (χ1v) is 8.50. The summed E-state index contributed by atoms with van der Waals surface area (Å²) in [4.78, 5) is 11.9. The molecule has 26 heavy (non-hydrogen) atoms. The number of nitriles is 1. The Hall–Kier alpha value is -2.85. The van der Waals surface area contributed by atoms with E-state index in [0.717, 1.165) is 0 Å². The molecule has 0 spiro atoms. The van der Waals surface area contributed by atoms with E-state index in [9.17, 15) is 15.2 Å². The molecule has 0 fully saturated rings. The minimum Gasteiger partial charge on any atom is -0.485 e. The molecule has 136 valence electrons. The van der Waals surface area contributed by atoms with E-state index in [1.54, 1.807) is 38.1 Å². The van der Waals surface area contributed by atoms with Crippen LogP contribution in [-0.2, 0) is 0 Å². The average molecular weight is 354 g/mol. The number of nitrogens with zero attached hydrogens (tertiary/aromatic N) is 3. The van der Waals surface area contributed by atoms with Crippen LogP contribution in [0, 0.1) is 11.3 Å². The topological polar surface area (TPSA) is 100 Å². The van der Waals surface area contributed by atoms with Crippen LogP contribution in [0.3, 0.4) is 0 Å². The third kappa shape index (κ3) is 3.16. The zero-order chi connectivity index (χ0) is 19.1. The van der Waals surface area contributed by atoms with Crippen molar-refractivity contribution in [1.29, 1.82) is 5.26 Å². The number of benzene rings is 1. The first-order chi connectivity index (χ1) is 12.2. The smallest absolute Gasteiger partial charge is 0.267 e. The fourth-order valence-corrected chi connectivity index (χ4v) is 3.06. The fraction of sp³-hybridized carbons (Fsp3) is 0.421. The zero-order valence-electron chi connectivity index (χ0n) is 15.2. The molecule has 7 nitrogen and oxygen atoms in total. The highest BCUT2D eigenvalue weighted by atomic mass is 16.5. The lowest BCUT2D eigenvalue weighted by atomic mass is 9.86. The molecule has 2 N–H and O–H groups in total. The molecular weight excluding hydrogens is 332 g/mol. The molecule has 0 saturated heterocycles. The van der Waals surface area contributed by atoms with Crippen LogP contribution in [0.4, 0.5) is 5.82 Å². The predicted octanol–water partition coefficient (Wildman–Crippen LogP) is 2.38. The van der Waals surface area contributed by atoms with Crippen molar-refractivity contribution in [2.24, 2.45) is 0 Å². The van der Waals surface area contributed by atoms with Crippen LogP contribution < -0.4 is 15.6 Å². The number of ether oxygens (including phenoxy) is 1. The highest BCUT2D eigenvalue weighted by Gasteiger charge is 2.43. The number of aliphatic hydroxyl groups is 1. The van der Waals surface area contributed by atoms with E-state index in [2.05, 4.69) is 16.5 Å². The summed E-state index contributed by atoms with van der Waals surface area (Å²) in [6.07, 6.45) is -0.884. The third-order valence-corrected chi connectivity index (χ3v) is 4.49. The maximum absolute atomic E-state index is 11.9. The van der Waals surface area contributed by atoms with E-state index in [-0.39, 0.29) is 11.6 Å². The van der Waals surface area contributed by atoms with Gasteiger partial charge in [0, 0.05) is 11.6 Å². The molecule has 1 aliphatic rings. The number of hydrogen-bond acceptors (Lipinski definition) is 6. The molecule has 1 aromatic heterocycles. The van der Waals surface area contributed by atoms with Crippen molar-refractivity contribution < 1.29 is 9.84 Å². The van der Waals surface area contributed by atoms with Crippen molar-refractivity contribution in [2.75, 3.05) is 5.32 Å². The van der Waals surface area contributed by atoms with Crippen molar-refractivity contribution in [3.05, 3.63) is 51.8 Å². The molecule has 2 atom stereocenters. The highest BCUT2D eigenvalue weighted by molar-refractivity contribution is 5.50. The minimum atomic E-state index is -0.884. The summed E-state index contributed by atoms with van der Waals surface area (Å²) in [5.74, 6) is 1.07. The lowest BCUT2D eigenvalue weighted by Crippen LogP contribution is -2.50. The number of aromatic nitrogens is 2. The first kappa shape index (κ1) is 18.0. The summed E-state index contributed by atoms with van der Waals surface area (Å²) >= 11 is 0. The Balaban J connectivity index is 2.05. The van der Waals surface area contributed by atoms with Gasteiger partial charge in [0.25, 0.3) is 5.56 Å². The van der Waals surface area contributed by atoms with E-state index >= 15 is 0 Å². The Morgan fingerprint density at radius 2 is 2.08 bits per heavy atom. The predicted molar refractivity (Wildman–Crippen MR) is 97.1 cm³/mol. The summed E-state index contributed by atoms with van der Waals surface area (Å²) in [7, 11) is 0. The maximum atomic E-state index is 11.9. The number of aliphatic hydroxyl groups excluding tert-OH is 1. The SMILES string of the molecule is CC(C)n1nc(NC2c3cc(C#N)ccc3OC(C)(C)C2O)ccc1=O. The third-order valence-electron chi connectivity index (χ3n) is 4.49. The van der Waals surface area contributed by atoms with Crippen molar-refractivity contribution in [3.63, 3.8) is 0 Å². The molecule has 0 saturated carbocycles. The van der Waals surface area contributed by atoms with Gasteiger partial charge in [-0.25, -0.2) is 4.68 Å². The summed E-state index contributed by atoms with van der Waals surface area (Å²) in [6, 6.07) is 9.63. The summed E-state index contributed by atoms with van der Waals surface area (Å²) in [5, 5.41) is 27.6. The Bertz CT molecular complexity index is 927. The molecule has 0 radical (unpaired) electrons. The lowest BCUT2D eigenvalue weighted by Gasteiger charge is -2.42. The molecule has 0 amide bonds. The van der Waals surface area contributed by atoms with E-state index in [1.165, 1.54) is 10.7 Å². The Morgan fingerprint density at radius 1 is 1.35 bits per heavy atom. The first-order valence-electron chi connectivity index (χ1n) is 8.50. The molecule has 3 rings (SSSR count). The second-order valence-electron chi connectivity index (χ2n) is 7.23. The number of hydrogen-bond donors (Lipinski definition) is 2.